The number of aromatic nitrogens is 2. The van der Waals surface area contributed by atoms with Gasteiger partial charge in [-0.2, -0.15) is 31.8 Å². The molecule has 25 heavy (non-hydrogen) atoms. The second kappa shape index (κ2) is 6.79. The molecule has 0 spiro atoms. The van der Waals surface area contributed by atoms with Gasteiger partial charge in [0.2, 0.25) is 0 Å². The molecule has 2 heterocycles. The maximum absolute atomic E-state index is 12.7. The molecule has 0 saturated heterocycles. The van der Waals surface area contributed by atoms with Crippen LogP contribution in [-0.2, 0) is 6.18 Å². The van der Waals surface area contributed by atoms with Crippen LogP contribution < -0.4 is 4.90 Å². The molecule has 3 rings (SSSR count). The molecule has 1 aliphatic rings. The normalized spacial score (nSPS) is 17.5. The van der Waals surface area contributed by atoms with E-state index in [1.165, 1.54) is 27.9 Å². The minimum atomic E-state index is -4.43. The fraction of sp³-hybridized carbons (Fsp3) is 0.267. The van der Waals surface area contributed by atoms with Crippen molar-refractivity contribution < 1.29 is 23.2 Å². The zero-order valence-corrected chi connectivity index (χ0v) is 14.0. The van der Waals surface area contributed by atoms with Crippen molar-refractivity contribution in [2.75, 3.05) is 11.4 Å². The fourth-order valence-corrected chi connectivity index (χ4v) is 2.69. The number of anilines is 1. The summed E-state index contributed by atoms with van der Waals surface area (Å²) in [7, 11) is 0. The van der Waals surface area contributed by atoms with Crippen LogP contribution in [0.4, 0.5) is 18.9 Å². The van der Waals surface area contributed by atoms with Gasteiger partial charge in [0.25, 0.3) is 5.91 Å². The molecule has 1 aromatic carbocycles. The summed E-state index contributed by atoms with van der Waals surface area (Å²) in [6.45, 7) is 2.11. The predicted molar refractivity (Wildman–Crippen MR) is 89.8 cm³/mol. The Morgan fingerprint density at radius 2 is 1.96 bits per heavy atom. The zero-order chi connectivity index (χ0) is 17.5. The quantitative estimate of drug-likeness (QED) is 0.500. The smallest absolute Gasteiger partial charge is 0.411 e. The maximum Gasteiger partial charge on any atom is 0.416 e. The van der Waals surface area contributed by atoms with Crippen LogP contribution in [0.25, 0.3) is 0 Å². The van der Waals surface area contributed by atoms with E-state index < -0.39 is 17.6 Å². The van der Waals surface area contributed by atoms with Crippen molar-refractivity contribution in [3.8, 4) is 0 Å². The number of carbonyl (C=O) groups excluding carboxylic acids is 1. The van der Waals surface area contributed by atoms with E-state index in [1.807, 2.05) is 6.92 Å². The molecule has 0 fully saturated rings. The summed E-state index contributed by atoms with van der Waals surface area (Å²) in [5.41, 5.74) is 0.151. The number of hydrogen-bond donors (Lipinski definition) is 1. The third-order valence-corrected chi connectivity index (χ3v) is 3.84. The van der Waals surface area contributed by atoms with Crippen molar-refractivity contribution in [1.29, 1.82) is 0 Å². The van der Waals surface area contributed by atoms with E-state index >= 15 is 0 Å². The van der Waals surface area contributed by atoms with Crippen LogP contribution in [0.5, 0.6) is 0 Å². The highest BCUT2D eigenvalue weighted by Gasteiger charge is 2.34. The first-order valence-electron chi connectivity index (χ1n) is 7.07. The van der Waals surface area contributed by atoms with E-state index in [4.69, 9.17) is 5.21 Å². The Morgan fingerprint density at radius 1 is 1.32 bits per heavy atom. The van der Waals surface area contributed by atoms with Crippen molar-refractivity contribution in [3.63, 3.8) is 0 Å². The van der Waals surface area contributed by atoms with Gasteiger partial charge in [0, 0.05) is 17.8 Å². The van der Waals surface area contributed by atoms with Gasteiger partial charge in [0.1, 0.15) is 5.69 Å². The van der Waals surface area contributed by atoms with Gasteiger partial charge in [0.15, 0.2) is 0 Å². The number of benzene rings is 1. The molecule has 0 unspecified atom stereocenters. The highest BCUT2D eigenvalue weighted by atomic mass is 32.1. The molecule has 0 bridgehead atoms. The Hall–Kier alpha value is -2.49. The third kappa shape index (κ3) is 3.34. The minimum Gasteiger partial charge on any atom is -0.411 e. The number of oxime groups is 1. The maximum atomic E-state index is 12.7. The van der Waals surface area contributed by atoms with Gasteiger partial charge in [-0.3, -0.25) is 9.48 Å². The number of alkyl halides is 3. The summed E-state index contributed by atoms with van der Waals surface area (Å²) in [5, 5.41) is 15.7. The van der Waals surface area contributed by atoms with Crippen molar-refractivity contribution in [1.82, 2.24) is 9.78 Å². The molecule has 6 nitrogen and oxygen atoms in total. The van der Waals surface area contributed by atoms with Gasteiger partial charge >= 0.3 is 6.18 Å². The molecule has 0 radical (unpaired) electrons. The lowest BCUT2D eigenvalue weighted by molar-refractivity contribution is -0.137. The van der Waals surface area contributed by atoms with Crippen LogP contribution in [0.2, 0.25) is 0 Å². The van der Waals surface area contributed by atoms with Crippen molar-refractivity contribution in [2.45, 2.75) is 19.1 Å². The Morgan fingerprint density at radius 3 is 2.52 bits per heavy atom. The van der Waals surface area contributed by atoms with E-state index in [2.05, 4.69) is 10.3 Å². The fourth-order valence-electron chi connectivity index (χ4n) is 2.69. The summed E-state index contributed by atoms with van der Waals surface area (Å²) in [4.78, 5) is 14.1. The van der Waals surface area contributed by atoms with Gasteiger partial charge in [-0.1, -0.05) is 5.16 Å². The van der Waals surface area contributed by atoms with E-state index in [0.717, 1.165) is 18.3 Å². The molecule has 0 saturated carbocycles. The largest absolute Gasteiger partial charge is 0.416 e. The summed E-state index contributed by atoms with van der Waals surface area (Å²) in [5.74, 6) is -0.416. The molecule has 1 atom stereocenters. The molecule has 1 amide bonds. The van der Waals surface area contributed by atoms with E-state index in [0.29, 0.717) is 11.3 Å². The van der Waals surface area contributed by atoms with E-state index in [1.54, 1.807) is 0 Å². The Balaban J connectivity index is 0.00000225. The summed E-state index contributed by atoms with van der Waals surface area (Å²) >= 11 is 0. The number of hydrogen-bond acceptors (Lipinski definition) is 4. The lowest BCUT2D eigenvalue weighted by atomic mass is 10.1. The molecular formula is C15H15F3N4O2S. The van der Waals surface area contributed by atoms with Gasteiger partial charge in [0.05, 0.1) is 24.0 Å². The standard InChI is InChI=1S/C15H13F3N4O2.H2S/c1-9-8-21(12-4-2-11(3-5-12)15(16,17)18)14(23)13-10(7-20-24)6-19-22(9)13;/h2-7,9,24H,8H2,1H3;1H2/b20-7+;/t9-;/m0./s1. The van der Waals surface area contributed by atoms with Crippen molar-refractivity contribution >= 4 is 31.3 Å². The number of carbonyl (C=O) groups is 1. The Labute approximate surface area is 148 Å². The number of halogens is 3. The van der Waals surface area contributed by atoms with Crippen LogP contribution in [0, 0.1) is 0 Å². The number of fused-ring (bicyclic) bond motifs is 1. The molecule has 0 aliphatic carbocycles. The first-order valence-corrected chi connectivity index (χ1v) is 7.07. The van der Waals surface area contributed by atoms with E-state index in [9.17, 15) is 18.0 Å². The second-order valence-electron chi connectivity index (χ2n) is 5.45. The van der Waals surface area contributed by atoms with Crippen LogP contribution in [0.15, 0.2) is 35.6 Å². The summed E-state index contributed by atoms with van der Waals surface area (Å²) in [6.07, 6.45) is -1.93. The Bertz CT molecular complexity index is 802. The second-order valence-corrected chi connectivity index (χ2v) is 5.45. The van der Waals surface area contributed by atoms with Crippen LogP contribution in [0.3, 0.4) is 0 Å². The predicted octanol–water partition coefficient (Wildman–Crippen LogP) is 3.04. The third-order valence-electron chi connectivity index (χ3n) is 3.84. The molecular weight excluding hydrogens is 357 g/mol. The SMILES string of the molecule is C[C@H]1CN(c2ccc(C(F)(F)F)cc2)C(=O)c2c(/C=N/O)cnn21.S. The van der Waals surface area contributed by atoms with E-state index in [-0.39, 0.29) is 31.8 Å². The molecule has 2 aromatic rings. The van der Waals surface area contributed by atoms with Gasteiger partial charge in [-0.25, -0.2) is 0 Å². The summed E-state index contributed by atoms with van der Waals surface area (Å²) < 4.78 is 39.5. The zero-order valence-electron chi connectivity index (χ0n) is 13.0. The molecule has 10 heteroatoms. The van der Waals surface area contributed by atoms with Gasteiger partial charge in [-0.05, 0) is 31.2 Å². The van der Waals surface area contributed by atoms with Gasteiger partial charge in [-0.15, -0.1) is 0 Å². The highest BCUT2D eigenvalue weighted by molar-refractivity contribution is 7.59. The lowest BCUT2D eigenvalue weighted by Gasteiger charge is -2.32. The van der Waals surface area contributed by atoms with Crippen LogP contribution >= 0.6 is 13.5 Å². The number of amides is 1. The average Bonchev–Trinajstić information content (AvgIpc) is 2.95. The minimum absolute atomic E-state index is 0. The first-order chi connectivity index (χ1) is 11.3. The first kappa shape index (κ1) is 18.8. The molecule has 1 aromatic heterocycles. The van der Waals surface area contributed by atoms with Crippen LogP contribution in [-0.4, -0.2) is 33.7 Å². The highest BCUT2D eigenvalue weighted by Crippen LogP contribution is 2.32. The molecule has 134 valence electrons. The summed E-state index contributed by atoms with van der Waals surface area (Å²) in [6, 6.07) is 4.23. The monoisotopic (exact) mass is 372 g/mol. The van der Waals surface area contributed by atoms with Gasteiger partial charge < -0.3 is 10.1 Å². The number of nitrogens with zero attached hydrogens (tertiary/aromatic N) is 4. The average molecular weight is 372 g/mol. The van der Waals surface area contributed by atoms with Crippen molar-refractivity contribution in [2.24, 2.45) is 5.16 Å². The number of rotatable bonds is 2. The molecule has 1 aliphatic heterocycles. The topological polar surface area (TPSA) is 70.7 Å². The lowest BCUT2D eigenvalue weighted by Crippen LogP contribution is -2.43. The van der Waals surface area contributed by atoms with Crippen LogP contribution in [0.1, 0.15) is 34.6 Å². The Kier molecular flexibility index (Phi) is 5.12. The van der Waals surface area contributed by atoms with Crippen molar-refractivity contribution in [3.05, 3.63) is 47.3 Å². The molecule has 1 N–H and O–H groups in total.